The maximum absolute atomic E-state index is 13.6. The van der Waals surface area contributed by atoms with Crippen LogP contribution in [0.5, 0.6) is 5.75 Å². The molecular formula is C20H20FN3O5. The number of nitro benzene ring substituents is 1. The van der Waals surface area contributed by atoms with Gasteiger partial charge in [0, 0.05) is 19.0 Å². The van der Waals surface area contributed by atoms with Gasteiger partial charge in [0.2, 0.25) is 17.6 Å². The monoisotopic (exact) mass is 401 g/mol. The maximum atomic E-state index is 13.6. The normalized spacial score (nSPS) is 16.0. The van der Waals surface area contributed by atoms with Crippen LogP contribution in [-0.2, 0) is 9.59 Å². The molecule has 8 nitrogen and oxygen atoms in total. The lowest BCUT2D eigenvalue weighted by Crippen LogP contribution is -2.28. The highest BCUT2D eigenvalue weighted by Crippen LogP contribution is 2.31. The Hall–Kier alpha value is -3.49. The molecule has 0 saturated carbocycles. The Balaban J connectivity index is 1.73. The van der Waals surface area contributed by atoms with E-state index in [0.29, 0.717) is 18.0 Å². The highest BCUT2D eigenvalue weighted by molar-refractivity contribution is 6.04. The van der Waals surface area contributed by atoms with Crippen molar-refractivity contribution in [3.05, 3.63) is 58.4 Å². The van der Waals surface area contributed by atoms with Gasteiger partial charge in [0.05, 0.1) is 28.8 Å². The number of carbonyl (C=O) groups is 2. The van der Waals surface area contributed by atoms with E-state index in [1.54, 1.807) is 24.3 Å². The molecule has 0 aliphatic carbocycles. The van der Waals surface area contributed by atoms with E-state index in [0.717, 1.165) is 18.6 Å². The van der Waals surface area contributed by atoms with E-state index in [2.05, 4.69) is 5.32 Å². The number of carbonyl (C=O) groups excluding carboxylic acids is 2. The number of rotatable bonds is 7. The van der Waals surface area contributed by atoms with Crippen LogP contribution in [0.4, 0.5) is 21.5 Å². The molecule has 1 unspecified atom stereocenters. The molecule has 1 aliphatic rings. The zero-order valence-electron chi connectivity index (χ0n) is 15.8. The quantitative estimate of drug-likeness (QED) is 0.565. The van der Waals surface area contributed by atoms with Crippen molar-refractivity contribution in [2.75, 3.05) is 23.4 Å². The van der Waals surface area contributed by atoms with Crippen LogP contribution in [0.3, 0.4) is 0 Å². The predicted molar refractivity (Wildman–Crippen MR) is 104 cm³/mol. The standard InChI is InChI=1S/C20H20FN3O5/c1-2-9-29-18-6-4-3-5-16(18)22-20(26)13-10-19(25)23(12-13)14-7-8-15(21)17(11-14)24(27)28/h3-8,11,13H,2,9-10,12H2,1H3,(H,22,26). The molecule has 1 heterocycles. The van der Waals surface area contributed by atoms with Gasteiger partial charge in [0.1, 0.15) is 5.75 Å². The second-order valence-corrected chi connectivity index (χ2v) is 6.63. The van der Waals surface area contributed by atoms with Crippen LogP contribution in [-0.4, -0.2) is 29.9 Å². The fourth-order valence-corrected chi connectivity index (χ4v) is 3.08. The second kappa shape index (κ2) is 8.68. The van der Waals surface area contributed by atoms with Crippen molar-refractivity contribution in [3.63, 3.8) is 0 Å². The van der Waals surface area contributed by atoms with Crippen molar-refractivity contribution < 1.29 is 23.6 Å². The summed E-state index contributed by atoms with van der Waals surface area (Å²) in [7, 11) is 0. The molecule has 0 radical (unpaired) electrons. The summed E-state index contributed by atoms with van der Waals surface area (Å²) >= 11 is 0. The molecule has 1 atom stereocenters. The smallest absolute Gasteiger partial charge is 0.306 e. The van der Waals surface area contributed by atoms with Crippen molar-refractivity contribution in [3.8, 4) is 5.75 Å². The Labute approximate surface area is 166 Å². The number of benzene rings is 2. The van der Waals surface area contributed by atoms with E-state index in [1.807, 2.05) is 6.92 Å². The SMILES string of the molecule is CCCOc1ccccc1NC(=O)C1CC(=O)N(c2ccc(F)c([N+](=O)[O-])c2)C1. The highest BCUT2D eigenvalue weighted by Gasteiger charge is 2.36. The summed E-state index contributed by atoms with van der Waals surface area (Å²) in [6, 6.07) is 10.2. The summed E-state index contributed by atoms with van der Waals surface area (Å²) in [5.74, 6) is -1.81. The lowest BCUT2D eigenvalue weighted by Gasteiger charge is -2.17. The van der Waals surface area contributed by atoms with Crippen LogP contribution < -0.4 is 15.0 Å². The first kappa shape index (κ1) is 20.2. The summed E-state index contributed by atoms with van der Waals surface area (Å²) in [5, 5.41) is 13.7. The molecule has 2 aromatic carbocycles. The first-order valence-electron chi connectivity index (χ1n) is 9.17. The van der Waals surface area contributed by atoms with Crippen molar-refractivity contribution in [1.82, 2.24) is 0 Å². The van der Waals surface area contributed by atoms with Gasteiger partial charge in [-0.05, 0) is 30.7 Å². The number of amides is 2. The number of para-hydroxylation sites is 2. The zero-order valence-corrected chi connectivity index (χ0v) is 15.8. The van der Waals surface area contributed by atoms with E-state index < -0.39 is 22.3 Å². The molecule has 1 aliphatic heterocycles. The molecule has 0 spiro atoms. The lowest BCUT2D eigenvalue weighted by molar-refractivity contribution is -0.387. The topological polar surface area (TPSA) is 102 Å². The molecule has 1 N–H and O–H groups in total. The Morgan fingerprint density at radius 3 is 2.83 bits per heavy atom. The summed E-state index contributed by atoms with van der Waals surface area (Å²) in [4.78, 5) is 36.4. The van der Waals surface area contributed by atoms with Crippen molar-refractivity contribution >= 4 is 28.9 Å². The van der Waals surface area contributed by atoms with E-state index in [4.69, 9.17) is 4.74 Å². The van der Waals surface area contributed by atoms with Crippen molar-refractivity contribution in [2.24, 2.45) is 5.92 Å². The molecule has 2 aromatic rings. The Morgan fingerprint density at radius 1 is 1.34 bits per heavy atom. The van der Waals surface area contributed by atoms with Crippen molar-refractivity contribution in [2.45, 2.75) is 19.8 Å². The van der Waals surface area contributed by atoms with E-state index in [9.17, 15) is 24.1 Å². The maximum Gasteiger partial charge on any atom is 0.306 e. The zero-order chi connectivity index (χ0) is 21.0. The highest BCUT2D eigenvalue weighted by atomic mass is 19.1. The number of halogens is 1. The fourth-order valence-electron chi connectivity index (χ4n) is 3.08. The Bertz CT molecular complexity index is 949. The van der Waals surface area contributed by atoms with Crippen LogP contribution >= 0.6 is 0 Å². The number of nitrogens with zero attached hydrogens (tertiary/aromatic N) is 2. The van der Waals surface area contributed by atoms with Gasteiger partial charge in [-0.25, -0.2) is 0 Å². The van der Waals surface area contributed by atoms with Gasteiger partial charge in [-0.2, -0.15) is 4.39 Å². The minimum absolute atomic E-state index is 0.0466. The van der Waals surface area contributed by atoms with Crippen LogP contribution in [0.2, 0.25) is 0 Å². The number of anilines is 2. The van der Waals surface area contributed by atoms with E-state index in [-0.39, 0.29) is 30.5 Å². The van der Waals surface area contributed by atoms with E-state index >= 15 is 0 Å². The van der Waals surface area contributed by atoms with Gasteiger partial charge in [-0.1, -0.05) is 19.1 Å². The lowest BCUT2D eigenvalue weighted by atomic mass is 10.1. The summed E-state index contributed by atoms with van der Waals surface area (Å²) in [5.41, 5.74) is -0.0236. The van der Waals surface area contributed by atoms with Gasteiger partial charge < -0.3 is 15.0 Å². The minimum Gasteiger partial charge on any atom is -0.491 e. The number of hydrogen-bond donors (Lipinski definition) is 1. The van der Waals surface area contributed by atoms with Gasteiger partial charge in [0.25, 0.3) is 0 Å². The summed E-state index contributed by atoms with van der Waals surface area (Å²) in [6.07, 6.45) is 0.771. The first-order chi connectivity index (χ1) is 13.9. The van der Waals surface area contributed by atoms with Gasteiger partial charge in [-0.15, -0.1) is 0 Å². The Kier molecular flexibility index (Phi) is 6.06. The van der Waals surface area contributed by atoms with Gasteiger partial charge in [-0.3, -0.25) is 19.7 Å². The molecule has 2 amide bonds. The van der Waals surface area contributed by atoms with Crippen molar-refractivity contribution in [1.29, 1.82) is 0 Å². The average Bonchev–Trinajstić information content (AvgIpc) is 3.09. The molecule has 9 heteroatoms. The molecule has 0 bridgehead atoms. The average molecular weight is 401 g/mol. The van der Waals surface area contributed by atoms with Crippen LogP contribution in [0.15, 0.2) is 42.5 Å². The summed E-state index contributed by atoms with van der Waals surface area (Å²) in [6.45, 7) is 2.52. The van der Waals surface area contributed by atoms with E-state index in [1.165, 1.54) is 11.0 Å². The largest absolute Gasteiger partial charge is 0.491 e. The molecule has 152 valence electrons. The molecular weight excluding hydrogens is 381 g/mol. The number of nitrogens with one attached hydrogen (secondary N) is 1. The first-order valence-corrected chi connectivity index (χ1v) is 9.17. The third-order valence-corrected chi connectivity index (χ3v) is 4.54. The summed E-state index contributed by atoms with van der Waals surface area (Å²) < 4.78 is 19.2. The molecule has 1 saturated heterocycles. The predicted octanol–water partition coefficient (Wildman–Crippen LogP) is 3.51. The van der Waals surface area contributed by atoms with Gasteiger partial charge >= 0.3 is 5.69 Å². The molecule has 29 heavy (non-hydrogen) atoms. The van der Waals surface area contributed by atoms with Crippen LogP contribution in [0.1, 0.15) is 19.8 Å². The molecule has 3 rings (SSSR count). The number of ether oxygens (including phenoxy) is 1. The Morgan fingerprint density at radius 2 is 2.10 bits per heavy atom. The number of hydrogen-bond acceptors (Lipinski definition) is 5. The minimum atomic E-state index is -0.983. The van der Waals surface area contributed by atoms with Crippen LogP contribution in [0, 0.1) is 21.8 Å². The third-order valence-electron chi connectivity index (χ3n) is 4.54. The number of nitro groups is 1. The molecule has 0 aromatic heterocycles. The third kappa shape index (κ3) is 4.50. The van der Waals surface area contributed by atoms with Crippen LogP contribution in [0.25, 0.3) is 0 Å². The second-order valence-electron chi connectivity index (χ2n) is 6.63. The molecule has 1 fully saturated rings. The fraction of sp³-hybridized carbons (Fsp3) is 0.300. The van der Waals surface area contributed by atoms with Gasteiger partial charge in [0.15, 0.2) is 0 Å².